The summed E-state index contributed by atoms with van der Waals surface area (Å²) in [6.45, 7) is 4.12. The van der Waals surface area contributed by atoms with Crippen LogP contribution in [0, 0.1) is 6.92 Å². The molecular formula is C18H16N4OS. The van der Waals surface area contributed by atoms with Crippen molar-refractivity contribution in [3.05, 3.63) is 59.5 Å². The van der Waals surface area contributed by atoms with E-state index in [0.717, 1.165) is 27.8 Å². The predicted octanol–water partition coefficient (Wildman–Crippen LogP) is 4.07. The first kappa shape index (κ1) is 14.8. The Morgan fingerprint density at radius 2 is 2.12 bits per heavy atom. The topological polar surface area (TPSA) is 59.3 Å². The average molecular weight is 336 g/mol. The second kappa shape index (κ2) is 5.72. The summed E-state index contributed by atoms with van der Waals surface area (Å²) >= 11 is 1.48. The molecule has 0 radical (unpaired) electrons. The molecule has 0 atom stereocenters. The first-order valence-electron chi connectivity index (χ1n) is 7.78. The second-order valence-corrected chi connectivity index (χ2v) is 6.76. The van der Waals surface area contributed by atoms with Gasteiger partial charge in [-0.1, -0.05) is 24.3 Å². The zero-order chi connectivity index (χ0) is 16.7. The van der Waals surface area contributed by atoms with Crippen LogP contribution in [-0.4, -0.2) is 20.3 Å². The van der Waals surface area contributed by atoms with Crippen LogP contribution >= 0.6 is 11.3 Å². The van der Waals surface area contributed by atoms with Crippen molar-refractivity contribution >= 4 is 38.2 Å². The highest BCUT2D eigenvalue weighted by Gasteiger charge is 2.13. The summed E-state index contributed by atoms with van der Waals surface area (Å²) in [6, 6.07) is 10.1. The quantitative estimate of drug-likeness (QED) is 0.613. The highest BCUT2D eigenvalue weighted by molar-refractivity contribution is 7.22. The first-order chi connectivity index (χ1) is 11.6. The third-order valence-electron chi connectivity index (χ3n) is 3.93. The average Bonchev–Trinajstić information content (AvgIpc) is 3.16. The molecule has 0 fully saturated rings. The molecule has 0 bridgehead atoms. The number of aromatic nitrogens is 3. The van der Waals surface area contributed by atoms with Crippen molar-refractivity contribution in [2.24, 2.45) is 0 Å². The van der Waals surface area contributed by atoms with Gasteiger partial charge in [-0.3, -0.25) is 10.1 Å². The van der Waals surface area contributed by atoms with Crippen molar-refractivity contribution in [3.63, 3.8) is 0 Å². The van der Waals surface area contributed by atoms with E-state index in [1.807, 2.05) is 35.7 Å². The molecule has 1 amide bonds. The number of imidazole rings is 1. The third kappa shape index (κ3) is 2.65. The van der Waals surface area contributed by atoms with Crippen LogP contribution in [0.2, 0.25) is 0 Å². The number of thiazole rings is 1. The second-order valence-electron chi connectivity index (χ2n) is 5.72. The maximum Gasteiger partial charge on any atom is 0.277 e. The minimum Gasteiger partial charge on any atom is -0.306 e. The lowest BCUT2D eigenvalue weighted by Gasteiger charge is -1.96. The molecule has 1 N–H and O–H groups in total. The number of anilines is 1. The van der Waals surface area contributed by atoms with Gasteiger partial charge in [0, 0.05) is 12.4 Å². The summed E-state index contributed by atoms with van der Waals surface area (Å²) in [5, 5.41) is 3.45. The molecule has 0 aliphatic heterocycles. The molecule has 1 aromatic carbocycles. The Morgan fingerprint density at radius 3 is 2.96 bits per heavy atom. The van der Waals surface area contributed by atoms with Gasteiger partial charge in [-0.15, -0.1) is 0 Å². The molecule has 4 aromatic rings. The van der Waals surface area contributed by atoms with E-state index in [-0.39, 0.29) is 5.91 Å². The van der Waals surface area contributed by atoms with Gasteiger partial charge in [-0.2, -0.15) is 0 Å². The van der Waals surface area contributed by atoms with E-state index in [1.165, 1.54) is 16.9 Å². The minimum absolute atomic E-state index is 0.244. The SMILES string of the molecule is CCc1ccc2nc(NC(=O)c3cn4ccc(C)cc4n3)sc2c1. The number of nitrogens with zero attached hydrogens (tertiary/aromatic N) is 3. The molecule has 0 aliphatic rings. The van der Waals surface area contributed by atoms with E-state index in [0.29, 0.717) is 10.8 Å². The Hall–Kier alpha value is -2.73. The summed E-state index contributed by atoms with van der Waals surface area (Å²) in [5.41, 5.74) is 4.42. The van der Waals surface area contributed by atoms with Crippen LogP contribution in [0.25, 0.3) is 15.9 Å². The Kier molecular flexibility index (Phi) is 3.54. The fraction of sp³-hybridized carbons (Fsp3) is 0.167. The zero-order valence-electron chi connectivity index (χ0n) is 13.4. The van der Waals surface area contributed by atoms with Gasteiger partial charge in [0.2, 0.25) is 0 Å². The molecule has 3 aromatic heterocycles. The zero-order valence-corrected chi connectivity index (χ0v) is 14.2. The number of benzene rings is 1. The summed E-state index contributed by atoms with van der Waals surface area (Å²) in [6.07, 6.45) is 4.61. The Labute approximate surface area is 143 Å². The van der Waals surface area contributed by atoms with E-state index in [4.69, 9.17) is 0 Å². The molecule has 5 nitrogen and oxygen atoms in total. The standard InChI is InChI=1S/C18H16N4OS/c1-3-12-4-5-13-15(9-12)24-18(20-13)21-17(23)14-10-22-7-6-11(2)8-16(22)19-14/h4-10H,3H2,1-2H3,(H,20,21,23). The molecule has 0 spiro atoms. The monoisotopic (exact) mass is 336 g/mol. The van der Waals surface area contributed by atoms with Crippen LogP contribution in [0.15, 0.2) is 42.7 Å². The maximum atomic E-state index is 12.4. The lowest BCUT2D eigenvalue weighted by Crippen LogP contribution is -2.11. The molecule has 120 valence electrons. The van der Waals surface area contributed by atoms with Crippen LogP contribution < -0.4 is 5.32 Å². The van der Waals surface area contributed by atoms with Gasteiger partial charge in [-0.05, 0) is 48.7 Å². The number of pyridine rings is 1. The van der Waals surface area contributed by atoms with Crippen LogP contribution in [0.3, 0.4) is 0 Å². The van der Waals surface area contributed by atoms with Gasteiger partial charge in [-0.25, -0.2) is 9.97 Å². The lowest BCUT2D eigenvalue weighted by molar-refractivity contribution is 0.102. The van der Waals surface area contributed by atoms with Crippen LogP contribution in [0.4, 0.5) is 5.13 Å². The van der Waals surface area contributed by atoms with Gasteiger partial charge in [0.25, 0.3) is 5.91 Å². The normalized spacial score (nSPS) is 11.2. The summed E-state index contributed by atoms with van der Waals surface area (Å²) in [7, 11) is 0. The number of rotatable bonds is 3. The van der Waals surface area contributed by atoms with Gasteiger partial charge in [0.1, 0.15) is 11.3 Å². The van der Waals surface area contributed by atoms with E-state index in [9.17, 15) is 4.79 Å². The smallest absolute Gasteiger partial charge is 0.277 e. The largest absolute Gasteiger partial charge is 0.306 e. The summed E-state index contributed by atoms with van der Waals surface area (Å²) in [5.74, 6) is -0.244. The van der Waals surface area contributed by atoms with Crippen LogP contribution in [0.5, 0.6) is 0 Å². The lowest BCUT2D eigenvalue weighted by atomic mass is 10.2. The Bertz CT molecular complexity index is 1060. The maximum absolute atomic E-state index is 12.4. The number of amides is 1. The van der Waals surface area contributed by atoms with Crippen molar-refractivity contribution in [2.45, 2.75) is 20.3 Å². The Morgan fingerprint density at radius 1 is 1.25 bits per heavy atom. The van der Waals surface area contributed by atoms with Gasteiger partial charge in [0.15, 0.2) is 5.13 Å². The van der Waals surface area contributed by atoms with Crippen molar-refractivity contribution in [2.75, 3.05) is 5.32 Å². The van der Waals surface area contributed by atoms with Crippen molar-refractivity contribution in [1.82, 2.24) is 14.4 Å². The number of nitrogens with one attached hydrogen (secondary N) is 1. The molecule has 4 rings (SSSR count). The van der Waals surface area contributed by atoms with Gasteiger partial charge >= 0.3 is 0 Å². The molecule has 6 heteroatoms. The third-order valence-corrected chi connectivity index (χ3v) is 4.86. The first-order valence-corrected chi connectivity index (χ1v) is 8.60. The molecule has 24 heavy (non-hydrogen) atoms. The molecule has 0 aliphatic carbocycles. The number of carbonyl (C=O) groups is 1. The van der Waals surface area contributed by atoms with E-state index in [1.54, 1.807) is 6.20 Å². The predicted molar refractivity (Wildman–Crippen MR) is 96.9 cm³/mol. The minimum atomic E-state index is -0.244. The molecule has 0 saturated heterocycles. The summed E-state index contributed by atoms with van der Waals surface area (Å²) < 4.78 is 2.92. The molecule has 0 unspecified atom stereocenters. The highest BCUT2D eigenvalue weighted by atomic mass is 32.1. The van der Waals surface area contributed by atoms with E-state index in [2.05, 4.69) is 34.3 Å². The fourth-order valence-electron chi connectivity index (χ4n) is 2.60. The highest BCUT2D eigenvalue weighted by Crippen LogP contribution is 2.27. The van der Waals surface area contributed by atoms with Crippen molar-refractivity contribution < 1.29 is 4.79 Å². The van der Waals surface area contributed by atoms with Crippen molar-refractivity contribution in [3.8, 4) is 0 Å². The number of aryl methyl sites for hydroxylation is 2. The van der Waals surface area contributed by atoms with E-state index < -0.39 is 0 Å². The van der Waals surface area contributed by atoms with Crippen molar-refractivity contribution in [1.29, 1.82) is 0 Å². The van der Waals surface area contributed by atoms with Crippen LogP contribution in [0.1, 0.15) is 28.5 Å². The van der Waals surface area contributed by atoms with Gasteiger partial charge < -0.3 is 4.40 Å². The molecular weight excluding hydrogens is 320 g/mol. The number of carbonyl (C=O) groups excluding carboxylic acids is 1. The number of hydrogen-bond acceptors (Lipinski definition) is 4. The molecule has 0 saturated carbocycles. The number of hydrogen-bond donors (Lipinski definition) is 1. The fourth-order valence-corrected chi connectivity index (χ4v) is 3.52. The van der Waals surface area contributed by atoms with Gasteiger partial charge in [0.05, 0.1) is 10.2 Å². The summed E-state index contributed by atoms with van der Waals surface area (Å²) in [4.78, 5) is 21.3. The van der Waals surface area contributed by atoms with E-state index >= 15 is 0 Å². The van der Waals surface area contributed by atoms with Crippen LogP contribution in [-0.2, 0) is 6.42 Å². The molecule has 3 heterocycles. The Balaban J connectivity index is 1.62. The number of fused-ring (bicyclic) bond motifs is 2.